The molecule has 84 valence electrons. The van der Waals surface area contributed by atoms with Crippen LogP contribution in [-0.4, -0.2) is 57.7 Å². The largest absolute Gasteiger partial charge is 0.389 e. The van der Waals surface area contributed by atoms with Gasteiger partial charge in [0.1, 0.15) is 6.10 Å². The predicted octanol–water partition coefficient (Wildman–Crippen LogP) is -0.641. The maximum Gasteiger partial charge on any atom is 0.108 e. The molecule has 0 amide bonds. The quantitative estimate of drug-likeness (QED) is 0.511. The summed E-state index contributed by atoms with van der Waals surface area (Å²) in [6.07, 6.45) is 0.658. The Balaban J connectivity index is 0.000000980. The smallest absolute Gasteiger partial charge is 0.108 e. The first kappa shape index (κ1) is 12.2. The maximum absolute atomic E-state index is 9.69. The average molecular weight is 224 g/mol. The minimum Gasteiger partial charge on any atom is -0.389 e. The van der Waals surface area contributed by atoms with Gasteiger partial charge in [-0.3, -0.25) is 4.90 Å². The number of aliphatic hydroxyl groups is 3. The molecule has 0 radical (unpaired) electrons. The van der Waals surface area contributed by atoms with Crippen molar-refractivity contribution >= 4 is 12.4 Å². The van der Waals surface area contributed by atoms with Crippen molar-refractivity contribution in [3.8, 4) is 0 Å². The summed E-state index contributed by atoms with van der Waals surface area (Å²) in [7, 11) is 0. The molecule has 0 bridgehead atoms. The molecule has 2 aliphatic rings. The van der Waals surface area contributed by atoms with Crippen LogP contribution < -0.4 is 0 Å². The van der Waals surface area contributed by atoms with E-state index < -0.39 is 18.3 Å². The van der Waals surface area contributed by atoms with Crippen molar-refractivity contribution in [2.45, 2.75) is 43.6 Å². The fourth-order valence-corrected chi connectivity index (χ4v) is 2.43. The first-order valence-corrected chi connectivity index (χ1v) is 4.98. The minimum absolute atomic E-state index is 0. The number of rotatable bonds is 0. The van der Waals surface area contributed by atoms with Gasteiger partial charge in [0.05, 0.1) is 12.2 Å². The monoisotopic (exact) mass is 223 g/mol. The predicted molar refractivity (Wildman–Crippen MR) is 54.5 cm³/mol. The lowest BCUT2D eigenvalue weighted by Crippen LogP contribution is -2.62. The lowest BCUT2D eigenvalue weighted by atomic mass is 9.88. The van der Waals surface area contributed by atoms with Gasteiger partial charge in [0.25, 0.3) is 0 Å². The Hall–Kier alpha value is 0.130. The molecule has 0 spiro atoms. The third kappa shape index (κ3) is 2.04. The van der Waals surface area contributed by atoms with Crippen LogP contribution in [0.5, 0.6) is 0 Å². The molecule has 4 atom stereocenters. The number of halogens is 1. The highest BCUT2D eigenvalue weighted by Gasteiger charge is 2.41. The second kappa shape index (κ2) is 4.77. The maximum atomic E-state index is 9.69. The minimum atomic E-state index is -0.959. The lowest BCUT2D eigenvalue weighted by molar-refractivity contribution is -0.144. The SMILES string of the molecule is Cl.O[C@@H]1[C@H](O)[C@@H](O)CN2CCCC[C@H]12. The van der Waals surface area contributed by atoms with Gasteiger partial charge < -0.3 is 15.3 Å². The molecule has 0 unspecified atom stereocenters. The van der Waals surface area contributed by atoms with Crippen molar-refractivity contribution in [1.82, 2.24) is 4.90 Å². The Morgan fingerprint density at radius 2 is 1.71 bits per heavy atom. The molecular formula is C9H18ClNO3. The fourth-order valence-electron chi connectivity index (χ4n) is 2.43. The van der Waals surface area contributed by atoms with Crippen LogP contribution in [0.1, 0.15) is 19.3 Å². The van der Waals surface area contributed by atoms with Gasteiger partial charge in [-0.25, -0.2) is 0 Å². The molecular weight excluding hydrogens is 206 g/mol. The van der Waals surface area contributed by atoms with E-state index in [1.807, 2.05) is 0 Å². The van der Waals surface area contributed by atoms with Gasteiger partial charge in [-0.1, -0.05) is 6.42 Å². The summed E-state index contributed by atoms with van der Waals surface area (Å²) < 4.78 is 0. The van der Waals surface area contributed by atoms with E-state index in [-0.39, 0.29) is 18.4 Å². The van der Waals surface area contributed by atoms with Crippen molar-refractivity contribution < 1.29 is 15.3 Å². The van der Waals surface area contributed by atoms with Gasteiger partial charge in [0, 0.05) is 12.6 Å². The van der Waals surface area contributed by atoms with Crippen molar-refractivity contribution in [1.29, 1.82) is 0 Å². The van der Waals surface area contributed by atoms with Crippen LogP contribution in [0, 0.1) is 0 Å². The molecule has 0 aromatic carbocycles. The average Bonchev–Trinajstić information content (AvgIpc) is 2.15. The Morgan fingerprint density at radius 1 is 1.00 bits per heavy atom. The number of nitrogens with zero attached hydrogens (tertiary/aromatic N) is 1. The highest BCUT2D eigenvalue weighted by atomic mass is 35.5. The molecule has 0 saturated carbocycles. The van der Waals surface area contributed by atoms with Gasteiger partial charge in [0.15, 0.2) is 0 Å². The van der Waals surface area contributed by atoms with E-state index in [2.05, 4.69) is 4.90 Å². The van der Waals surface area contributed by atoms with E-state index in [0.29, 0.717) is 6.54 Å². The molecule has 0 aromatic heterocycles. The van der Waals surface area contributed by atoms with Gasteiger partial charge in [-0.2, -0.15) is 0 Å². The zero-order chi connectivity index (χ0) is 9.42. The molecule has 14 heavy (non-hydrogen) atoms. The van der Waals surface area contributed by atoms with E-state index >= 15 is 0 Å². The standard InChI is InChI=1S/C9H17NO3.ClH/c11-7-5-10-4-2-1-3-6(10)8(12)9(7)13;/h6-9,11-13H,1-5H2;1H/t6-,7+,8+,9-;/m1./s1. The second-order valence-electron chi connectivity index (χ2n) is 4.11. The second-order valence-corrected chi connectivity index (χ2v) is 4.11. The van der Waals surface area contributed by atoms with E-state index in [4.69, 9.17) is 0 Å². The number of hydrogen-bond donors (Lipinski definition) is 3. The number of hydrogen-bond acceptors (Lipinski definition) is 4. The van der Waals surface area contributed by atoms with Crippen molar-refractivity contribution in [3.05, 3.63) is 0 Å². The topological polar surface area (TPSA) is 63.9 Å². The summed E-state index contributed by atoms with van der Waals surface area (Å²) in [5.74, 6) is 0. The molecule has 3 N–H and O–H groups in total. The fraction of sp³-hybridized carbons (Fsp3) is 1.00. The van der Waals surface area contributed by atoms with Gasteiger partial charge in [-0.05, 0) is 19.4 Å². The molecule has 2 saturated heterocycles. The normalized spacial score (nSPS) is 43.9. The Kier molecular flexibility index (Phi) is 4.15. The number of fused-ring (bicyclic) bond motifs is 1. The first-order valence-electron chi connectivity index (χ1n) is 4.98. The van der Waals surface area contributed by atoms with Gasteiger partial charge in [0.2, 0.25) is 0 Å². The highest BCUT2D eigenvalue weighted by Crippen LogP contribution is 2.26. The van der Waals surface area contributed by atoms with Crippen LogP contribution in [0.2, 0.25) is 0 Å². The lowest BCUT2D eigenvalue weighted by Gasteiger charge is -2.46. The zero-order valence-corrected chi connectivity index (χ0v) is 8.86. The van der Waals surface area contributed by atoms with Crippen molar-refractivity contribution in [2.24, 2.45) is 0 Å². The summed E-state index contributed by atoms with van der Waals surface area (Å²) in [5.41, 5.74) is 0. The Bertz CT molecular complexity index is 191. The summed E-state index contributed by atoms with van der Waals surface area (Å²) in [6.45, 7) is 1.44. The molecule has 2 fully saturated rings. The molecule has 5 heteroatoms. The third-order valence-electron chi connectivity index (χ3n) is 3.22. The van der Waals surface area contributed by atoms with E-state index in [1.54, 1.807) is 0 Å². The van der Waals surface area contributed by atoms with E-state index in [9.17, 15) is 15.3 Å². The summed E-state index contributed by atoms with van der Waals surface area (Å²) >= 11 is 0. The summed E-state index contributed by atoms with van der Waals surface area (Å²) in [6, 6.07) is 0.0622. The number of piperidine rings is 2. The van der Waals surface area contributed by atoms with Crippen LogP contribution in [0.3, 0.4) is 0 Å². The summed E-state index contributed by atoms with van der Waals surface area (Å²) in [4.78, 5) is 2.09. The molecule has 2 aliphatic heterocycles. The first-order chi connectivity index (χ1) is 6.20. The van der Waals surface area contributed by atoms with Crippen LogP contribution in [-0.2, 0) is 0 Å². The highest BCUT2D eigenvalue weighted by molar-refractivity contribution is 5.85. The van der Waals surface area contributed by atoms with Crippen LogP contribution in [0.15, 0.2) is 0 Å². The summed E-state index contributed by atoms with van der Waals surface area (Å²) in [5, 5.41) is 28.6. The van der Waals surface area contributed by atoms with Crippen LogP contribution in [0.4, 0.5) is 0 Å². The molecule has 0 aromatic rings. The van der Waals surface area contributed by atoms with Crippen LogP contribution >= 0.6 is 12.4 Å². The Labute approximate surface area is 89.9 Å². The van der Waals surface area contributed by atoms with E-state index in [1.165, 1.54) is 0 Å². The Morgan fingerprint density at radius 3 is 2.43 bits per heavy atom. The zero-order valence-electron chi connectivity index (χ0n) is 8.04. The van der Waals surface area contributed by atoms with Crippen molar-refractivity contribution in [3.63, 3.8) is 0 Å². The molecule has 4 nitrogen and oxygen atoms in total. The third-order valence-corrected chi connectivity index (χ3v) is 3.22. The van der Waals surface area contributed by atoms with Crippen LogP contribution in [0.25, 0.3) is 0 Å². The molecule has 0 aliphatic carbocycles. The van der Waals surface area contributed by atoms with Crippen molar-refractivity contribution in [2.75, 3.05) is 13.1 Å². The van der Waals surface area contributed by atoms with E-state index in [0.717, 1.165) is 25.8 Å². The molecule has 2 rings (SSSR count). The van der Waals surface area contributed by atoms with Gasteiger partial charge in [-0.15, -0.1) is 12.4 Å². The van der Waals surface area contributed by atoms with Gasteiger partial charge >= 0.3 is 0 Å². The molecule has 2 heterocycles. The number of aliphatic hydroxyl groups excluding tert-OH is 3.